The highest BCUT2D eigenvalue weighted by atomic mass is 16.7. The summed E-state index contributed by atoms with van der Waals surface area (Å²) in [4.78, 5) is 21.5. The number of hydrogen-bond donors (Lipinski definition) is 2. The Morgan fingerprint density at radius 1 is 1.38 bits per heavy atom. The van der Waals surface area contributed by atoms with Crippen molar-refractivity contribution in [2.45, 2.75) is 39.2 Å². The number of hydrogen-bond acceptors (Lipinski definition) is 5. The van der Waals surface area contributed by atoms with E-state index in [1.165, 1.54) is 0 Å². The molecular formula is C15H22N4O2. The Morgan fingerprint density at radius 2 is 2.19 bits per heavy atom. The Balaban J connectivity index is 1.64. The zero-order chi connectivity index (χ0) is 15.3. The molecule has 1 atom stereocenters. The monoisotopic (exact) mass is 290 g/mol. The maximum atomic E-state index is 12.0. The normalized spacial score (nSPS) is 20.6. The zero-order valence-electron chi connectivity index (χ0n) is 12.8. The highest BCUT2D eigenvalue weighted by Crippen LogP contribution is 2.23. The lowest BCUT2D eigenvalue weighted by Gasteiger charge is -2.20. The van der Waals surface area contributed by atoms with Crippen LogP contribution >= 0.6 is 0 Å². The van der Waals surface area contributed by atoms with Crippen molar-refractivity contribution in [2.24, 2.45) is 5.16 Å². The molecule has 2 N–H and O–H groups in total. The molecule has 2 rings (SSSR count). The Morgan fingerprint density at radius 3 is 2.81 bits per heavy atom. The van der Waals surface area contributed by atoms with E-state index in [1.807, 2.05) is 32.2 Å². The third-order valence-corrected chi connectivity index (χ3v) is 3.33. The minimum absolute atomic E-state index is 0.114. The fraction of sp³-hybridized carbons (Fsp3) is 0.533. The first kappa shape index (κ1) is 15.3. The molecule has 1 aromatic rings. The van der Waals surface area contributed by atoms with Gasteiger partial charge in [-0.1, -0.05) is 11.2 Å². The topological polar surface area (TPSA) is 75.6 Å². The largest absolute Gasteiger partial charge is 0.379 e. The average molecular weight is 290 g/mol. The van der Waals surface area contributed by atoms with Gasteiger partial charge in [-0.2, -0.15) is 0 Å². The summed E-state index contributed by atoms with van der Waals surface area (Å²) in [6, 6.07) is 3.96. The van der Waals surface area contributed by atoms with Crippen LogP contribution in [0, 0.1) is 6.92 Å². The van der Waals surface area contributed by atoms with Crippen LogP contribution < -0.4 is 10.6 Å². The standard InChI is InChI=1S/C15H22N4O2/c1-11-5-6-13(18-10-11)16-7-4-8-17-14(20)15(3)9-12(2)19-21-15/h5-6,10H,4,7-9H2,1-3H3,(H,16,18)(H,17,20). The van der Waals surface area contributed by atoms with Gasteiger partial charge in [-0.05, 0) is 38.8 Å². The number of anilines is 1. The van der Waals surface area contributed by atoms with Gasteiger partial charge in [-0.25, -0.2) is 4.98 Å². The molecule has 6 heteroatoms. The number of oxime groups is 1. The molecule has 0 aliphatic carbocycles. The van der Waals surface area contributed by atoms with Gasteiger partial charge in [-0.15, -0.1) is 0 Å². The van der Waals surface area contributed by atoms with Crippen molar-refractivity contribution in [1.29, 1.82) is 0 Å². The predicted octanol–water partition coefficient (Wildman–Crippen LogP) is 1.86. The van der Waals surface area contributed by atoms with Crippen molar-refractivity contribution in [1.82, 2.24) is 10.3 Å². The van der Waals surface area contributed by atoms with Crippen LogP contribution in [0.15, 0.2) is 23.5 Å². The summed E-state index contributed by atoms with van der Waals surface area (Å²) in [5, 5.41) is 9.94. The third-order valence-electron chi connectivity index (χ3n) is 3.33. The predicted molar refractivity (Wildman–Crippen MR) is 82.3 cm³/mol. The zero-order valence-corrected chi connectivity index (χ0v) is 12.8. The summed E-state index contributed by atoms with van der Waals surface area (Å²) >= 11 is 0. The van der Waals surface area contributed by atoms with E-state index in [9.17, 15) is 4.79 Å². The van der Waals surface area contributed by atoms with Gasteiger partial charge in [0.05, 0.1) is 5.71 Å². The molecule has 0 saturated carbocycles. The van der Waals surface area contributed by atoms with E-state index in [1.54, 1.807) is 6.92 Å². The molecule has 1 aliphatic heterocycles. The van der Waals surface area contributed by atoms with E-state index in [-0.39, 0.29) is 5.91 Å². The second-order valence-electron chi connectivity index (χ2n) is 5.58. The SMILES string of the molecule is CC1=NOC(C)(C(=O)NCCCNc2ccc(C)cn2)C1. The van der Waals surface area contributed by atoms with E-state index in [4.69, 9.17) is 4.84 Å². The van der Waals surface area contributed by atoms with Crippen LogP contribution in [-0.4, -0.2) is 35.3 Å². The first-order valence-corrected chi connectivity index (χ1v) is 7.16. The first-order valence-electron chi connectivity index (χ1n) is 7.16. The molecule has 0 spiro atoms. The highest BCUT2D eigenvalue weighted by molar-refractivity contribution is 5.94. The van der Waals surface area contributed by atoms with Crippen molar-refractivity contribution in [3.8, 4) is 0 Å². The van der Waals surface area contributed by atoms with E-state index in [0.717, 1.165) is 30.1 Å². The number of aryl methyl sites for hydroxylation is 1. The minimum atomic E-state index is -0.851. The molecule has 21 heavy (non-hydrogen) atoms. The van der Waals surface area contributed by atoms with Crippen molar-refractivity contribution >= 4 is 17.4 Å². The number of pyridine rings is 1. The fourth-order valence-electron chi connectivity index (χ4n) is 2.12. The van der Waals surface area contributed by atoms with Crippen LogP contribution in [0.5, 0.6) is 0 Å². The van der Waals surface area contributed by atoms with Crippen LogP contribution in [0.3, 0.4) is 0 Å². The summed E-state index contributed by atoms with van der Waals surface area (Å²) in [5.41, 5.74) is 1.13. The Bertz CT molecular complexity index is 527. The van der Waals surface area contributed by atoms with Gasteiger partial charge in [0.1, 0.15) is 5.82 Å². The highest BCUT2D eigenvalue weighted by Gasteiger charge is 2.40. The number of amides is 1. The third kappa shape index (κ3) is 4.18. The van der Waals surface area contributed by atoms with Crippen molar-refractivity contribution in [3.05, 3.63) is 23.9 Å². The Labute approximate surface area is 125 Å². The molecule has 1 amide bonds. The number of carbonyl (C=O) groups is 1. The first-order chi connectivity index (χ1) is 9.99. The van der Waals surface area contributed by atoms with Gasteiger partial charge in [0.2, 0.25) is 5.60 Å². The molecule has 0 saturated heterocycles. The number of nitrogens with one attached hydrogen (secondary N) is 2. The Kier molecular flexibility index (Phi) is 4.77. The lowest BCUT2D eigenvalue weighted by Crippen LogP contribution is -2.45. The quantitative estimate of drug-likeness (QED) is 0.784. The van der Waals surface area contributed by atoms with Gasteiger partial charge in [0.25, 0.3) is 5.91 Å². The van der Waals surface area contributed by atoms with Gasteiger partial charge < -0.3 is 15.5 Å². The number of aromatic nitrogens is 1. The van der Waals surface area contributed by atoms with Crippen LogP contribution in [0.25, 0.3) is 0 Å². The lowest BCUT2D eigenvalue weighted by molar-refractivity contribution is -0.141. The average Bonchev–Trinajstić information content (AvgIpc) is 2.81. The Hall–Kier alpha value is -2.11. The number of rotatable bonds is 6. The molecule has 114 valence electrons. The second-order valence-corrected chi connectivity index (χ2v) is 5.58. The summed E-state index contributed by atoms with van der Waals surface area (Å²) in [6.07, 6.45) is 3.19. The molecule has 1 aromatic heterocycles. The molecule has 1 aliphatic rings. The van der Waals surface area contributed by atoms with Gasteiger partial charge in [0, 0.05) is 25.7 Å². The number of nitrogens with zero attached hydrogens (tertiary/aromatic N) is 2. The van der Waals surface area contributed by atoms with E-state index < -0.39 is 5.60 Å². The molecule has 0 radical (unpaired) electrons. The van der Waals surface area contributed by atoms with Crippen molar-refractivity contribution < 1.29 is 9.63 Å². The molecular weight excluding hydrogens is 268 g/mol. The lowest BCUT2D eigenvalue weighted by atomic mass is 9.99. The van der Waals surface area contributed by atoms with E-state index in [0.29, 0.717) is 13.0 Å². The smallest absolute Gasteiger partial charge is 0.267 e. The summed E-state index contributed by atoms with van der Waals surface area (Å²) in [5.74, 6) is 0.735. The number of carbonyl (C=O) groups excluding carboxylic acids is 1. The summed E-state index contributed by atoms with van der Waals surface area (Å²) < 4.78 is 0. The molecule has 1 unspecified atom stereocenters. The van der Waals surface area contributed by atoms with Gasteiger partial charge in [-0.3, -0.25) is 4.79 Å². The second kappa shape index (κ2) is 6.56. The van der Waals surface area contributed by atoms with Crippen molar-refractivity contribution in [3.63, 3.8) is 0 Å². The fourth-order valence-corrected chi connectivity index (χ4v) is 2.12. The van der Waals surface area contributed by atoms with Gasteiger partial charge in [0.15, 0.2) is 0 Å². The maximum Gasteiger partial charge on any atom is 0.267 e. The van der Waals surface area contributed by atoms with Crippen molar-refractivity contribution in [2.75, 3.05) is 18.4 Å². The van der Waals surface area contributed by atoms with Gasteiger partial charge >= 0.3 is 0 Å². The molecule has 2 heterocycles. The van der Waals surface area contributed by atoms with Crippen LogP contribution in [0.4, 0.5) is 5.82 Å². The maximum absolute atomic E-state index is 12.0. The van der Waals surface area contributed by atoms with E-state index in [2.05, 4.69) is 20.8 Å². The summed E-state index contributed by atoms with van der Waals surface area (Å²) in [6.45, 7) is 6.97. The molecule has 0 fully saturated rings. The van der Waals surface area contributed by atoms with Crippen LogP contribution in [-0.2, 0) is 9.63 Å². The molecule has 6 nitrogen and oxygen atoms in total. The molecule has 0 aromatic carbocycles. The summed E-state index contributed by atoms with van der Waals surface area (Å²) in [7, 11) is 0. The van der Waals surface area contributed by atoms with E-state index >= 15 is 0 Å². The van der Waals surface area contributed by atoms with Crippen LogP contribution in [0.2, 0.25) is 0 Å². The molecule has 0 bridgehead atoms. The minimum Gasteiger partial charge on any atom is -0.379 e. The van der Waals surface area contributed by atoms with Crippen LogP contribution in [0.1, 0.15) is 32.3 Å².